The van der Waals surface area contributed by atoms with Crippen molar-refractivity contribution in [3.63, 3.8) is 0 Å². The molecule has 134 valence electrons. The summed E-state index contributed by atoms with van der Waals surface area (Å²) in [5.41, 5.74) is 2.32. The minimum atomic E-state index is 0.0352. The number of nitrogens with zero attached hydrogens (tertiary/aromatic N) is 2. The summed E-state index contributed by atoms with van der Waals surface area (Å²) in [5, 5.41) is 0.863. The molecule has 25 heavy (non-hydrogen) atoms. The van der Waals surface area contributed by atoms with Crippen molar-refractivity contribution >= 4 is 16.8 Å². The van der Waals surface area contributed by atoms with Crippen molar-refractivity contribution in [1.29, 1.82) is 0 Å². The summed E-state index contributed by atoms with van der Waals surface area (Å²) in [5.74, 6) is 0.780. The zero-order chi connectivity index (χ0) is 17.8. The molecule has 0 N–H and O–H groups in total. The van der Waals surface area contributed by atoms with E-state index in [-0.39, 0.29) is 5.91 Å². The Morgan fingerprint density at radius 3 is 2.96 bits per heavy atom. The van der Waals surface area contributed by atoms with Crippen molar-refractivity contribution in [3.8, 4) is 5.75 Å². The first kappa shape index (κ1) is 17.7. The number of pyridine rings is 1. The van der Waals surface area contributed by atoms with E-state index in [0.29, 0.717) is 11.7 Å². The van der Waals surface area contributed by atoms with Gasteiger partial charge in [-0.15, -0.1) is 0 Å². The van der Waals surface area contributed by atoms with E-state index in [1.54, 1.807) is 12.0 Å². The number of hydrogen-bond donors (Lipinski definition) is 0. The molecular weight excluding hydrogens is 316 g/mol. The van der Waals surface area contributed by atoms with Gasteiger partial charge in [-0.25, -0.2) is 0 Å². The van der Waals surface area contributed by atoms with E-state index in [0.717, 1.165) is 61.2 Å². The van der Waals surface area contributed by atoms with Gasteiger partial charge in [-0.3, -0.25) is 9.78 Å². The van der Waals surface area contributed by atoms with Crippen LogP contribution in [0.4, 0.5) is 0 Å². The molecule has 2 heterocycles. The van der Waals surface area contributed by atoms with Gasteiger partial charge in [0.1, 0.15) is 5.75 Å². The van der Waals surface area contributed by atoms with Gasteiger partial charge in [0.2, 0.25) is 0 Å². The van der Waals surface area contributed by atoms with Crippen LogP contribution in [-0.2, 0) is 4.74 Å². The summed E-state index contributed by atoms with van der Waals surface area (Å²) in [6, 6.07) is 7.52. The molecule has 1 fully saturated rings. The molecule has 0 saturated carbocycles. The Morgan fingerprint density at radius 1 is 1.40 bits per heavy atom. The van der Waals surface area contributed by atoms with Gasteiger partial charge >= 0.3 is 0 Å². The highest BCUT2D eigenvalue weighted by atomic mass is 16.5. The third-order valence-corrected chi connectivity index (χ3v) is 4.77. The maximum absolute atomic E-state index is 12.9. The molecule has 3 rings (SSSR count). The predicted octanol–water partition coefficient (Wildman–Crippen LogP) is 3.58. The van der Waals surface area contributed by atoms with Crippen LogP contribution in [-0.4, -0.2) is 49.2 Å². The summed E-state index contributed by atoms with van der Waals surface area (Å²) in [7, 11) is 3.49. The summed E-state index contributed by atoms with van der Waals surface area (Å²) in [4.78, 5) is 19.3. The molecule has 1 aromatic heterocycles. The topological polar surface area (TPSA) is 51.7 Å². The van der Waals surface area contributed by atoms with Crippen LogP contribution in [0, 0.1) is 6.92 Å². The third-order valence-electron chi connectivity index (χ3n) is 4.77. The quantitative estimate of drug-likeness (QED) is 0.805. The maximum atomic E-state index is 12.9. The first-order valence-electron chi connectivity index (χ1n) is 8.91. The molecule has 1 saturated heterocycles. The lowest BCUT2D eigenvalue weighted by molar-refractivity contribution is 0.0764. The standard InChI is InChI=1S/C20H26N2O3/c1-14-12-18(17-9-8-16(24-3)13-19(17)21-14)20(23)22(2)10-4-6-15-7-5-11-25-15/h8-9,12-13,15H,4-7,10-11H2,1-3H3/t15-/m0/s1. The number of rotatable bonds is 6. The normalized spacial score (nSPS) is 17.0. The highest BCUT2D eigenvalue weighted by Gasteiger charge is 2.18. The Hall–Kier alpha value is -2.14. The van der Waals surface area contributed by atoms with Crippen LogP contribution >= 0.6 is 0 Å². The molecule has 0 aliphatic carbocycles. The number of fused-ring (bicyclic) bond motifs is 1. The Balaban J connectivity index is 1.73. The van der Waals surface area contributed by atoms with Crippen molar-refractivity contribution in [2.45, 2.75) is 38.7 Å². The monoisotopic (exact) mass is 342 g/mol. The van der Waals surface area contributed by atoms with Crippen LogP contribution < -0.4 is 4.74 Å². The number of aryl methyl sites for hydroxylation is 1. The molecule has 1 aromatic carbocycles. The minimum Gasteiger partial charge on any atom is -0.497 e. The van der Waals surface area contributed by atoms with Gasteiger partial charge < -0.3 is 14.4 Å². The van der Waals surface area contributed by atoms with E-state index in [1.807, 2.05) is 38.2 Å². The number of ether oxygens (including phenoxy) is 2. The largest absolute Gasteiger partial charge is 0.497 e. The highest BCUT2D eigenvalue weighted by molar-refractivity contribution is 6.06. The number of amides is 1. The summed E-state index contributed by atoms with van der Waals surface area (Å²) >= 11 is 0. The third kappa shape index (κ3) is 4.10. The van der Waals surface area contributed by atoms with E-state index in [2.05, 4.69) is 4.98 Å². The van der Waals surface area contributed by atoms with Gasteiger partial charge in [0.25, 0.3) is 5.91 Å². The van der Waals surface area contributed by atoms with E-state index < -0.39 is 0 Å². The molecular formula is C20H26N2O3. The second-order valence-corrected chi connectivity index (χ2v) is 6.70. The van der Waals surface area contributed by atoms with Crippen molar-refractivity contribution in [2.75, 3.05) is 27.3 Å². The van der Waals surface area contributed by atoms with Gasteiger partial charge in [-0.1, -0.05) is 0 Å². The summed E-state index contributed by atoms with van der Waals surface area (Å²) < 4.78 is 10.9. The fourth-order valence-electron chi connectivity index (χ4n) is 3.38. The first-order valence-corrected chi connectivity index (χ1v) is 8.91. The predicted molar refractivity (Wildman–Crippen MR) is 98.2 cm³/mol. The number of hydrogen-bond acceptors (Lipinski definition) is 4. The van der Waals surface area contributed by atoms with Crippen molar-refractivity contribution in [1.82, 2.24) is 9.88 Å². The average Bonchev–Trinajstić information content (AvgIpc) is 3.13. The molecule has 5 heteroatoms. The lowest BCUT2D eigenvalue weighted by atomic mass is 10.1. The van der Waals surface area contributed by atoms with E-state index in [9.17, 15) is 4.79 Å². The molecule has 1 aliphatic heterocycles. The number of carbonyl (C=O) groups is 1. The zero-order valence-corrected chi connectivity index (χ0v) is 15.2. The Morgan fingerprint density at radius 2 is 2.24 bits per heavy atom. The second-order valence-electron chi connectivity index (χ2n) is 6.70. The molecule has 1 aliphatic rings. The number of benzene rings is 1. The van der Waals surface area contributed by atoms with Crippen molar-refractivity contribution in [2.24, 2.45) is 0 Å². The number of carbonyl (C=O) groups excluding carboxylic acids is 1. The lowest BCUT2D eigenvalue weighted by Gasteiger charge is -2.19. The number of aromatic nitrogens is 1. The van der Waals surface area contributed by atoms with Gasteiger partial charge in [0.15, 0.2) is 0 Å². The summed E-state index contributed by atoms with van der Waals surface area (Å²) in [6.07, 6.45) is 4.66. The fraction of sp³-hybridized carbons (Fsp3) is 0.500. The lowest BCUT2D eigenvalue weighted by Crippen LogP contribution is -2.28. The SMILES string of the molecule is COc1ccc2c(C(=O)N(C)CCC[C@H]3CCCO3)cc(C)nc2c1. The van der Waals surface area contributed by atoms with Crippen LogP contribution in [0.3, 0.4) is 0 Å². The van der Waals surface area contributed by atoms with Crippen molar-refractivity contribution in [3.05, 3.63) is 35.5 Å². The van der Waals surface area contributed by atoms with Crippen LogP contribution in [0.2, 0.25) is 0 Å². The Kier molecular flexibility index (Phi) is 5.53. The number of methoxy groups -OCH3 is 1. The van der Waals surface area contributed by atoms with Crippen molar-refractivity contribution < 1.29 is 14.3 Å². The van der Waals surface area contributed by atoms with Crippen LogP contribution in [0.5, 0.6) is 5.75 Å². The van der Waals surface area contributed by atoms with Gasteiger partial charge in [-0.05, 0) is 50.8 Å². The smallest absolute Gasteiger partial charge is 0.254 e. The second kappa shape index (κ2) is 7.83. The molecule has 0 bridgehead atoms. The van der Waals surface area contributed by atoms with Crippen LogP contribution in [0.15, 0.2) is 24.3 Å². The molecule has 1 amide bonds. The summed E-state index contributed by atoms with van der Waals surface area (Å²) in [6.45, 7) is 3.52. The van der Waals surface area contributed by atoms with Crippen LogP contribution in [0.1, 0.15) is 41.7 Å². The highest BCUT2D eigenvalue weighted by Crippen LogP contribution is 2.24. The molecule has 2 aromatic rings. The van der Waals surface area contributed by atoms with Gasteiger partial charge in [0, 0.05) is 37.3 Å². The van der Waals surface area contributed by atoms with E-state index >= 15 is 0 Å². The Labute approximate surface area is 148 Å². The zero-order valence-electron chi connectivity index (χ0n) is 15.2. The van der Waals surface area contributed by atoms with Crippen LogP contribution in [0.25, 0.3) is 10.9 Å². The Bertz CT molecular complexity index is 754. The average molecular weight is 342 g/mol. The first-order chi connectivity index (χ1) is 12.1. The van der Waals surface area contributed by atoms with E-state index in [4.69, 9.17) is 9.47 Å². The van der Waals surface area contributed by atoms with E-state index in [1.165, 1.54) is 0 Å². The van der Waals surface area contributed by atoms with Gasteiger partial charge in [-0.2, -0.15) is 0 Å². The molecule has 1 atom stereocenters. The molecule has 0 spiro atoms. The molecule has 0 radical (unpaired) electrons. The molecule has 0 unspecified atom stereocenters. The minimum absolute atomic E-state index is 0.0352. The molecule has 5 nitrogen and oxygen atoms in total. The maximum Gasteiger partial charge on any atom is 0.254 e. The van der Waals surface area contributed by atoms with Gasteiger partial charge in [0.05, 0.1) is 24.3 Å². The fourth-order valence-corrected chi connectivity index (χ4v) is 3.38.